The fourth-order valence-corrected chi connectivity index (χ4v) is 2.79. The SMILES string of the molecule is COC(=O)c1cnn2c(-c3ccccc3)cc(-c3ccccc3)nc12. The van der Waals surface area contributed by atoms with Gasteiger partial charge in [0.2, 0.25) is 0 Å². The van der Waals surface area contributed by atoms with Crippen molar-refractivity contribution in [3.63, 3.8) is 0 Å². The topological polar surface area (TPSA) is 56.5 Å². The van der Waals surface area contributed by atoms with Crippen molar-refractivity contribution >= 4 is 11.6 Å². The fraction of sp³-hybridized carbons (Fsp3) is 0.0500. The fourth-order valence-electron chi connectivity index (χ4n) is 2.79. The lowest BCUT2D eigenvalue weighted by Gasteiger charge is -2.09. The summed E-state index contributed by atoms with van der Waals surface area (Å²) >= 11 is 0. The molecule has 0 aliphatic carbocycles. The van der Waals surface area contributed by atoms with E-state index in [1.165, 1.54) is 13.3 Å². The Labute approximate surface area is 144 Å². The molecule has 0 atom stereocenters. The van der Waals surface area contributed by atoms with Crippen molar-refractivity contribution in [2.24, 2.45) is 0 Å². The third kappa shape index (κ3) is 2.65. The minimum absolute atomic E-state index is 0.345. The van der Waals surface area contributed by atoms with Gasteiger partial charge in [-0.2, -0.15) is 5.10 Å². The van der Waals surface area contributed by atoms with Crippen LogP contribution in [0, 0.1) is 0 Å². The van der Waals surface area contributed by atoms with E-state index >= 15 is 0 Å². The summed E-state index contributed by atoms with van der Waals surface area (Å²) in [6, 6.07) is 21.7. The molecule has 2 aromatic carbocycles. The van der Waals surface area contributed by atoms with E-state index < -0.39 is 5.97 Å². The van der Waals surface area contributed by atoms with E-state index in [1.807, 2.05) is 66.7 Å². The number of aromatic nitrogens is 3. The summed E-state index contributed by atoms with van der Waals surface area (Å²) in [6.07, 6.45) is 1.50. The zero-order valence-electron chi connectivity index (χ0n) is 13.6. The van der Waals surface area contributed by atoms with Gasteiger partial charge < -0.3 is 4.74 Å². The van der Waals surface area contributed by atoms with Crippen LogP contribution in [-0.2, 0) is 4.74 Å². The molecule has 2 heterocycles. The van der Waals surface area contributed by atoms with Crippen LogP contribution in [-0.4, -0.2) is 27.7 Å². The van der Waals surface area contributed by atoms with Crippen LogP contribution in [0.15, 0.2) is 72.9 Å². The largest absolute Gasteiger partial charge is 0.465 e. The number of carbonyl (C=O) groups is 1. The molecule has 0 spiro atoms. The summed E-state index contributed by atoms with van der Waals surface area (Å²) in [5, 5.41) is 4.35. The summed E-state index contributed by atoms with van der Waals surface area (Å²) in [5.41, 5.74) is 4.42. The maximum Gasteiger partial charge on any atom is 0.343 e. The molecule has 0 radical (unpaired) electrons. The van der Waals surface area contributed by atoms with Crippen molar-refractivity contribution in [1.82, 2.24) is 14.6 Å². The highest BCUT2D eigenvalue weighted by atomic mass is 16.5. The average molecular weight is 329 g/mol. The van der Waals surface area contributed by atoms with E-state index in [9.17, 15) is 4.79 Å². The molecule has 25 heavy (non-hydrogen) atoms. The molecular weight excluding hydrogens is 314 g/mol. The number of ether oxygens (including phenoxy) is 1. The highest BCUT2D eigenvalue weighted by molar-refractivity contribution is 5.96. The number of benzene rings is 2. The molecule has 0 amide bonds. The first-order valence-corrected chi connectivity index (χ1v) is 7.86. The van der Waals surface area contributed by atoms with Crippen molar-refractivity contribution in [3.05, 3.63) is 78.5 Å². The Hall–Kier alpha value is -3.47. The number of esters is 1. The molecule has 0 fully saturated rings. The lowest BCUT2D eigenvalue weighted by atomic mass is 10.1. The van der Waals surface area contributed by atoms with Crippen molar-refractivity contribution < 1.29 is 9.53 Å². The van der Waals surface area contributed by atoms with Crippen LogP contribution in [0.2, 0.25) is 0 Å². The second-order valence-corrected chi connectivity index (χ2v) is 5.54. The third-order valence-electron chi connectivity index (χ3n) is 4.02. The standard InChI is InChI=1S/C20H15N3O2/c1-25-20(24)16-13-21-23-18(15-10-6-3-7-11-15)12-17(22-19(16)23)14-8-4-2-5-9-14/h2-13H,1H3. The second-order valence-electron chi connectivity index (χ2n) is 5.54. The molecule has 0 saturated carbocycles. The Morgan fingerprint density at radius 3 is 2.24 bits per heavy atom. The molecule has 0 aliphatic heterocycles. The van der Waals surface area contributed by atoms with Crippen LogP contribution in [0.25, 0.3) is 28.2 Å². The Balaban J connectivity index is 2.03. The highest BCUT2D eigenvalue weighted by Crippen LogP contribution is 2.27. The zero-order chi connectivity index (χ0) is 17.2. The van der Waals surface area contributed by atoms with Crippen LogP contribution >= 0.6 is 0 Å². The number of hydrogen-bond donors (Lipinski definition) is 0. The van der Waals surface area contributed by atoms with Gasteiger partial charge in [0.15, 0.2) is 5.65 Å². The molecule has 5 heteroatoms. The predicted molar refractivity (Wildman–Crippen MR) is 95.2 cm³/mol. The number of fused-ring (bicyclic) bond motifs is 1. The van der Waals surface area contributed by atoms with Gasteiger partial charge in [-0.15, -0.1) is 0 Å². The Bertz CT molecular complexity index is 1040. The normalized spacial score (nSPS) is 10.8. The summed E-state index contributed by atoms with van der Waals surface area (Å²) < 4.78 is 6.54. The van der Waals surface area contributed by atoms with Crippen LogP contribution < -0.4 is 0 Å². The van der Waals surface area contributed by atoms with Crippen molar-refractivity contribution in [3.8, 4) is 22.5 Å². The molecule has 4 rings (SSSR count). The van der Waals surface area contributed by atoms with Gasteiger partial charge in [0, 0.05) is 11.1 Å². The van der Waals surface area contributed by atoms with Gasteiger partial charge in [-0.1, -0.05) is 60.7 Å². The Kier molecular flexibility index (Phi) is 3.74. The lowest BCUT2D eigenvalue weighted by Crippen LogP contribution is -2.04. The first-order valence-electron chi connectivity index (χ1n) is 7.86. The molecule has 4 aromatic rings. The van der Waals surface area contributed by atoms with E-state index in [-0.39, 0.29) is 0 Å². The van der Waals surface area contributed by atoms with Gasteiger partial charge >= 0.3 is 5.97 Å². The van der Waals surface area contributed by atoms with E-state index in [2.05, 4.69) is 10.1 Å². The Morgan fingerprint density at radius 1 is 0.960 bits per heavy atom. The van der Waals surface area contributed by atoms with Crippen molar-refractivity contribution in [2.45, 2.75) is 0 Å². The average Bonchev–Trinajstić information content (AvgIpc) is 3.12. The summed E-state index contributed by atoms with van der Waals surface area (Å²) in [7, 11) is 1.35. The van der Waals surface area contributed by atoms with Gasteiger partial charge in [-0.25, -0.2) is 14.3 Å². The third-order valence-corrected chi connectivity index (χ3v) is 4.02. The van der Waals surface area contributed by atoms with Gasteiger partial charge in [0.25, 0.3) is 0 Å². The van der Waals surface area contributed by atoms with Crippen LogP contribution in [0.5, 0.6) is 0 Å². The van der Waals surface area contributed by atoms with Gasteiger partial charge in [-0.3, -0.25) is 0 Å². The minimum atomic E-state index is -0.452. The van der Waals surface area contributed by atoms with E-state index in [0.29, 0.717) is 11.2 Å². The molecule has 2 aromatic heterocycles. The number of nitrogens with zero attached hydrogens (tertiary/aromatic N) is 3. The Morgan fingerprint density at radius 2 is 1.60 bits per heavy atom. The van der Waals surface area contributed by atoms with Gasteiger partial charge in [0.05, 0.1) is 24.7 Å². The van der Waals surface area contributed by atoms with Crippen LogP contribution in [0.1, 0.15) is 10.4 Å². The molecule has 0 aliphatic rings. The van der Waals surface area contributed by atoms with Gasteiger partial charge in [-0.05, 0) is 6.07 Å². The molecule has 5 nitrogen and oxygen atoms in total. The maximum absolute atomic E-state index is 12.1. The van der Waals surface area contributed by atoms with E-state index in [4.69, 9.17) is 4.74 Å². The number of hydrogen-bond acceptors (Lipinski definition) is 4. The smallest absolute Gasteiger partial charge is 0.343 e. The summed E-state index contributed by atoms with van der Waals surface area (Å²) in [4.78, 5) is 16.7. The minimum Gasteiger partial charge on any atom is -0.465 e. The van der Waals surface area contributed by atoms with E-state index in [1.54, 1.807) is 4.52 Å². The van der Waals surface area contributed by atoms with Crippen LogP contribution in [0.3, 0.4) is 0 Å². The summed E-state index contributed by atoms with van der Waals surface area (Å²) in [5.74, 6) is -0.452. The molecular formula is C20H15N3O2. The van der Waals surface area contributed by atoms with E-state index in [0.717, 1.165) is 22.5 Å². The number of carbonyl (C=O) groups excluding carboxylic acids is 1. The highest BCUT2D eigenvalue weighted by Gasteiger charge is 2.18. The molecule has 0 saturated heterocycles. The maximum atomic E-state index is 12.1. The van der Waals surface area contributed by atoms with Gasteiger partial charge in [0.1, 0.15) is 5.56 Å². The predicted octanol–water partition coefficient (Wildman–Crippen LogP) is 3.85. The molecule has 0 unspecified atom stereocenters. The number of methoxy groups -OCH3 is 1. The quantitative estimate of drug-likeness (QED) is 0.536. The first kappa shape index (κ1) is 15.1. The van der Waals surface area contributed by atoms with Crippen LogP contribution in [0.4, 0.5) is 0 Å². The second kappa shape index (κ2) is 6.20. The van der Waals surface area contributed by atoms with Crippen molar-refractivity contribution in [2.75, 3.05) is 7.11 Å². The molecule has 122 valence electrons. The lowest BCUT2D eigenvalue weighted by molar-refractivity contribution is 0.0602. The zero-order valence-corrected chi connectivity index (χ0v) is 13.6. The monoisotopic (exact) mass is 329 g/mol. The molecule has 0 N–H and O–H groups in total. The van der Waals surface area contributed by atoms with Crippen molar-refractivity contribution in [1.29, 1.82) is 0 Å². The first-order chi connectivity index (χ1) is 12.3. The summed E-state index contributed by atoms with van der Waals surface area (Å²) in [6.45, 7) is 0. The number of rotatable bonds is 3. The molecule has 0 bridgehead atoms.